The second kappa shape index (κ2) is 5.18. The normalized spacial score (nSPS) is 13.1. The van der Waals surface area contributed by atoms with Crippen molar-refractivity contribution in [1.82, 2.24) is 4.98 Å². The molecule has 0 saturated heterocycles. The van der Waals surface area contributed by atoms with E-state index in [0.717, 1.165) is 0 Å². The lowest BCUT2D eigenvalue weighted by Gasteiger charge is -2.17. The Morgan fingerprint density at radius 2 is 2.12 bits per heavy atom. The number of aliphatic hydroxyl groups excluding tert-OH is 1. The molecule has 0 aliphatic heterocycles. The summed E-state index contributed by atoms with van der Waals surface area (Å²) in [5, 5.41) is 18.7. The van der Waals surface area contributed by atoms with Crippen LogP contribution in [0, 0.1) is 6.92 Å². The summed E-state index contributed by atoms with van der Waals surface area (Å²) in [7, 11) is 0. The first-order valence-corrected chi connectivity index (χ1v) is 4.79. The zero-order valence-corrected chi connectivity index (χ0v) is 8.82. The summed E-state index contributed by atoms with van der Waals surface area (Å²) in [6.07, 6.45) is -1.80. The van der Waals surface area contributed by atoms with Crippen LogP contribution in [-0.4, -0.2) is 21.6 Å². The number of alkyl halides is 2. The molecule has 0 bridgehead atoms. The van der Waals surface area contributed by atoms with Gasteiger partial charge >= 0.3 is 0 Å². The number of nitrogens with two attached hydrogens (primary N) is 1. The molecule has 1 heterocycles. The lowest BCUT2D eigenvalue weighted by Crippen LogP contribution is -2.17. The standard InChI is InChI=1S/C10H14F2N2O2/c1-5-10(16)9(6(4-15)3-14-5)7(13)2-8(11)12/h3,7-8,15-16H,2,4,13H2,1H3/t7-/m0/s1. The van der Waals surface area contributed by atoms with Crippen molar-refractivity contribution in [2.75, 3.05) is 0 Å². The number of rotatable bonds is 4. The summed E-state index contributed by atoms with van der Waals surface area (Å²) in [4.78, 5) is 3.82. The van der Waals surface area contributed by atoms with Gasteiger partial charge in [0.25, 0.3) is 0 Å². The van der Waals surface area contributed by atoms with Gasteiger partial charge in [0.05, 0.1) is 12.3 Å². The number of aromatic hydroxyl groups is 1. The van der Waals surface area contributed by atoms with Gasteiger partial charge in [-0.2, -0.15) is 0 Å². The topological polar surface area (TPSA) is 79.4 Å². The highest BCUT2D eigenvalue weighted by Crippen LogP contribution is 2.31. The third-order valence-corrected chi connectivity index (χ3v) is 2.33. The van der Waals surface area contributed by atoms with E-state index in [1.165, 1.54) is 13.1 Å². The van der Waals surface area contributed by atoms with E-state index >= 15 is 0 Å². The third-order valence-electron chi connectivity index (χ3n) is 2.33. The van der Waals surface area contributed by atoms with Gasteiger partial charge in [0.1, 0.15) is 5.75 Å². The minimum absolute atomic E-state index is 0.148. The first kappa shape index (κ1) is 12.8. The molecule has 4 N–H and O–H groups in total. The highest BCUT2D eigenvalue weighted by Gasteiger charge is 2.21. The van der Waals surface area contributed by atoms with Crippen molar-refractivity contribution in [3.05, 3.63) is 23.0 Å². The van der Waals surface area contributed by atoms with E-state index < -0.39 is 25.5 Å². The van der Waals surface area contributed by atoms with Crippen LogP contribution in [0.25, 0.3) is 0 Å². The number of halogens is 2. The van der Waals surface area contributed by atoms with Crippen LogP contribution in [0.15, 0.2) is 6.20 Å². The average Bonchev–Trinajstić information content (AvgIpc) is 2.20. The smallest absolute Gasteiger partial charge is 0.240 e. The maximum absolute atomic E-state index is 12.2. The van der Waals surface area contributed by atoms with Crippen LogP contribution < -0.4 is 5.73 Å². The predicted molar refractivity (Wildman–Crippen MR) is 54.1 cm³/mol. The second-order valence-corrected chi connectivity index (χ2v) is 3.52. The molecule has 0 spiro atoms. The van der Waals surface area contributed by atoms with Crippen molar-refractivity contribution in [2.24, 2.45) is 5.73 Å². The highest BCUT2D eigenvalue weighted by atomic mass is 19.3. The lowest BCUT2D eigenvalue weighted by molar-refractivity contribution is 0.127. The number of pyridine rings is 1. The zero-order chi connectivity index (χ0) is 12.3. The van der Waals surface area contributed by atoms with Crippen LogP contribution in [0.3, 0.4) is 0 Å². The molecule has 1 aromatic heterocycles. The number of aromatic nitrogens is 1. The van der Waals surface area contributed by atoms with Gasteiger partial charge in [-0.3, -0.25) is 4.98 Å². The van der Waals surface area contributed by atoms with Crippen LogP contribution in [0.5, 0.6) is 5.75 Å². The van der Waals surface area contributed by atoms with Crippen molar-refractivity contribution in [2.45, 2.75) is 32.4 Å². The molecule has 0 aliphatic rings. The van der Waals surface area contributed by atoms with Gasteiger partial charge in [-0.15, -0.1) is 0 Å². The van der Waals surface area contributed by atoms with Gasteiger partial charge < -0.3 is 15.9 Å². The van der Waals surface area contributed by atoms with E-state index in [2.05, 4.69) is 4.98 Å². The van der Waals surface area contributed by atoms with Gasteiger partial charge in [0, 0.05) is 29.8 Å². The van der Waals surface area contributed by atoms with Crippen LogP contribution in [0.1, 0.15) is 29.3 Å². The number of aryl methyl sites for hydroxylation is 1. The first-order chi connectivity index (χ1) is 7.47. The molecule has 1 atom stereocenters. The van der Waals surface area contributed by atoms with Gasteiger partial charge in [0.15, 0.2) is 0 Å². The fourth-order valence-corrected chi connectivity index (χ4v) is 1.50. The highest BCUT2D eigenvalue weighted by molar-refractivity contribution is 5.42. The van der Waals surface area contributed by atoms with Crippen molar-refractivity contribution in [3.63, 3.8) is 0 Å². The summed E-state index contributed by atoms with van der Waals surface area (Å²) in [6, 6.07) is -1.01. The number of aliphatic hydroxyl groups is 1. The van der Waals surface area contributed by atoms with Crippen molar-refractivity contribution < 1.29 is 19.0 Å². The Labute approximate surface area is 91.7 Å². The SMILES string of the molecule is Cc1ncc(CO)c([C@@H](N)CC(F)F)c1O. The molecule has 4 nitrogen and oxygen atoms in total. The molecule has 0 aromatic carbocycles. The Morgan fingerprint density at radius 3 is 2.62 bits per heavy atom. The van der Waals surface area contributed by atoms with E-state index in [1.54, 1.807) is 0 Å². The van der Waals surface area contributed by atoms with Gasteiger partial charge in [-0.05, 0) is 6.92 Å². The van der Waals surface area contributed by atoms with E-state index in [1.807, 2.05) is 0 Å². The summed E-state index contributed by atoms with van der Waals surface area (Å²) in [5.41, 5.74) is 6.29. The molecular formula is C10H14F2N2O2. The van der Waals surface area contributed by atoms with Gasteiger partial charge in [-0.1, -0.05) is 0 Å². The van der Waals surface area contributed by atoms with Crippen LogP contribution in [0.2, 0.25) is 0 Å². The molecule has 90 valence electrons. The molecule has 0 fully saturated rings. The van der Waals surface area contributed by atoms with Crippen LogP contribution in [-0.2, 0) is 6.61 Å². The molecular weight excluding hydrogens is 218 g/mol. The zero-order valence-electron chi connectivity index (χ0n) is 8.82. The molecule has 0 aliphatic carbocycles. The Kier molecular flexibility index (Phi) is 4.14. The van der Waals surface area contributed by atoms with E-state index in [0.29, 0.717) is 5.69 Å². The third kappa shape index (κ3) is 2.65. The van der Waals surface area contributed by atoms with Crippen molar-refractivity contribution >= 4 is 0 Å². The van der Waals surface area contributed by atoms with E-state index in [4.69, 9.17) is 10.8 Å². The van der Waals surface area contributed by atoms with Gasteiger partial charge in [0.2, 0.25) is 6.43 Å². The number of nitrogens with zero attached hydrogens (tertiary/aromatic N) is 1. The second-order valence-electron chi connectivity index (χ2n) is 3.52. The minimum Gasteiger partial charge on any atom is -0.506 e. The quantitative estimate of drug-likeness (QED) is 0.729. The molecule has 16 heavy (non-hydrogen) atoms. The van der Waals surface area contributed by atoms with Crippen LogP contribution >= 0.6 is 0 Å². The Balaban J connectivity index is 3.13. The summed E-state index contributed by atoms with van der Waals surface area (Å²) >= 11 is 0. The molecule has 0 saturated carbocycles. The number of hydrogen-bond acceptors (Lipinski definition) is 4. The molecule has 0 unspecified atom stereocenters. The minimum atomic E-state index is -2.56. The molecule has 6 heteroatoms. The van der Waals surface area contributed by atoms with E-state index in [-0.39, 0.29) is 16.9 Å². The lowest BCUT2D eigenvalue weighted by atomic mass is 9.99. The Bertz CT molecular complexity index is 372. The monoisotopic (exact) mass is 232 g/mol. The fraction of sp³-hybridized carbons (Fsp3) is 0.500. The van der Waals surface area contributed by atoms with Crippen molar-refractivity contribution in [3.8, 4) is 5.75 Å². The molecule has 1 aromatic rings. The maximum atomic E-state index is 12.2. The average molecular weight is 232 g/mol. The largest absolute Gasteiger partial charge is 0.506 e. The summed E-state index contributed by atoms with van der Waals surface area (Å²) in [5.74, 6) is -0.222. The fourth-order valence-electron chi connectivity index (χ4n) is 1.50. The number of hydrogen-bond donors (Lipinski definition) is 3. The molecule has 0 amide bonds. The Morgan fingerprint density at radius 1 is 1.50 bits per heavy atom. The first-order valence-electron chi connectivity index (χ1n) is 4.79. The van der Waals surface area contributed by atoms with Crippen molar-refractivity contribution in [1.29, 1.82) is 0 Å². The maximum Gasteiger partial charge on any atom is 0.240 e. The van der Waals surface area contributed by atoms with Crippen LogP contribution in [0.4, 0.5) is 8.78 Å². The summed E-state index contributed by atoms with van der Waals surface area (Å²) < 4.78 is 24.4. The summed E-state index contributed by atoms with van der Waals surface area (Å²) in [6.45, 7) is 1.14. The molecule has 1 rings (SSSR count). The predicted octanol–water partition coefficient (Wildman–Crippen LogP) is 1.24. The molecule has 0 radical (unpaired) electrons. The van der Waals surface area contributed by atoms with E-state index in [9.17, 15) is 13.9 Å². The Hall–Kier alpha value is -1.27. The van der Waals surface area contributed by atoms with Gasteiger partial charge in [-0.25, -0.2) is 8.78 Å².